The molecule has 1 aliphatic heterocycles. The molecule has 1 aromatic heterocycles. The van der Waals surface area contributed by atoms with E-state index in [0.29, 0.717) is 24.9 Å². The van der Waals surface area contributed by atoms with Crippen LogP contribution < -0.4 is 0 Å². The fourth-order valence-corrected chi connectivity index (χ4v) is 3.13. The number of hydrogen-bond donors (Lipinski definition) is 1. The lowest BCUT2D eigenvalue weighted by Crippen LogP contribution is -2.42. The van der Waals surface area contributed by atoms with Crippen LogP contribution in [0.4, 0.5) is 0 Å². The van der Waals surface area contributed by atoms with Gasteiger partial charge < -0.3 is 10.0 Å². The Hall–Kier alpha value is -2.15. The highest BCUT2D eigenvalue weighted by atomic mass is 79.9. The van der Waals surface area contributed by atoms with E-state index in [1.165, 1.54) is 6.20 Å². The van der Waals surface area contributed by atoms with Crippen molar-refractivity contribution in [1.29, 1.82) is 0 Å². The zero-order valence-corrected chi connectivity index (χ0v) is 13.9. The monoisotopic (exact) mass is 377 g/mol. The molecule has 120 valence electrons. The van der Waals surface area contributed by atoms with Gasteiger partial charge in [0.1, 0.15) is 0 Å². The normalized spacial score (nSPS) is 18.0. The van der Waals surface area contributed by atoms with E-state index >= 15 is 0 Å². The summed E-state index contributed by atoms with van der Waals surface area (Å²) in [5, 5.41) is 13.4. The Morgan fingerprint density at radius 3 is 2.91 bits per heavy atom. The van der Waals surface area contributed by atoms with Crippen molar-refractivity contribution >= 4 is 27.8 Å². The van der Waals surface area contributed by atoms with E-state index in [1.807, 2.05) is 24.3 Å². The SMILES string of the molecule is O=C(O)C1CCCN(C(=O)c2cnn(-c3cccc(Br)c3)c2)C1. The second-order valence-corrected chi connectivity index (χ2v) is 6.50. The molecule has 23 heavy (non-hydrogen) atoms. The summed E-state index contributed by atoms with van der Waals surface area (Å²) in [6.07, 6.45) is 4.53. The lowest BCUT2D eigenvalue weighted by molar-refractivity contribution is -0.143. The van der Waals surface area contributed by atoms with Crippen LogP contribution in [0.3, 0.4) is 0 Å². The first-order chi connectivity index (χ1) is 11.0. The maximum atomic E-state index is 12.5. The van der Waals surface area contributed by atoms with Gasteiger partial charge >= 0.3 is 5.97 Å². The number of hydrogen-bond acceptors (Lipinski definition) is 3. The summed E-state index contributed by atoms with van der Waals surface area (Å²) in [5.74, 6) is -1.49. The van der Waals surface area contributed by atoms with E-state index < -0.39 is 11.9 Å². The fraction of sp³-hybridized carbons (Fsp3) is 0.312. The van der Waals surface area contributed by atoms with E-state index in [9.17, 15) is 9.59 Å². The standard InChI is InChI=1S/C16H16BrN3O3/c17-13-4-1-5-14(7-13)20-10-12(8-18-20)15(21)19-6-2-3-11(9-19)16(22)23/h1,4-5,7-8,10-11H,2-3,6,9H2,(H,22,23). The lowest BCUT2D eigenvalue weighted by Gasteiger charge is -2.30. The highest BCUT2D eigenvalue weighted by Crippen LogP contribution is 2.20. The first-order valence-electron chi connectivity index (χ1n) is 7.37. The Bertz CT molecular complexity index is 744. The van der Waals surface area contributed by atoms with Crippen molar-refractivity contribution in [1.82, 2.24) is 14.7 Å². The average Bonchev–Trinajstić information content (AvgIpc) is 3.04. The number of carbonyl (C=O) groups excluding carboxylic acids is 1. The van der Waals surface area contributed by atoms with E-state index in [2.05, 4.69) is 21.0 Å². The van der Waals surface area contributed by atoms with Gasteiger partial charge in [0, 0.05) is 23.8 Å². The van der Waals surface area contributed by atoms with Crippen LogP contribution >= 0.6 is 15.9 Å². The second kappa shape index (κ2) is 6.54. The smallest absolute Gasteiger partial charge is 0.308 e. The molecule has 0 spiro atoms. The quantitative estimate of drug-likeness (QED) is 0.891. The summed E-state index contributed by atoms with van der Waals surface area (Å²) in [6.45, 7) is 0.848. The summed E-state index contributed by atoms with van der Waals surface area (Å²) in [7, 11) is 0. The molecule has 1 atom stereocenters. The molecule has 0 saturated carbocycles. The molecule has 1 saturated heterocycles. The number of nitrogens with zero attached hydrogens (tertiary/aromatic N) is 3. The summed E-state index contributed by atoms with van der Waals surface area (Å²) < 4.78 is 2.56. The van der Waals surface area contributed by atoms with E-state index in [4.69, 9.17) is 5.11 Å². The molecule has 1 amide bonds. The number of aliphatic carboxylic acids is 1. The molecule has 1 N–H and O–H groups in total. The first-order valence-corrected chi connectivity index (χ1v) is 8.16. The van der Waals surface area contributed by atoms with Gasteiger partial charge in [-0.3, -0.25) is 9.59 Å². The van der Waals surface area contributed by atoms with Crippen LogP contribution in [0.5, 0.6) is 0 Å². The van der Waals surface area contributed by atoms with Crippen LogP contribution in [0.2, 0.25) is 0 Å². The largest absolute Gasteiger partial charge is 0.481 e. The zero-order chi connectivity index (χ0) is 16.4. The summed E-state index contributed by atoms with van der Waals surface area (Å²) in [4.78, 5) is 25.3. The molecular formula is C16H16BrN3O3. The number of carboxylic acid groups (broad SMARTS) is 1. The van der Waals surface area contributed by atoms with Crippen LogP contribution in [-0.4, -0.2) is 44.8 Å². The number of carboxylic acids is 1. The predicted octanol–water partition coefficient (Wildman–Crippen LogP) is 2.57. The lowest BCUT2D eigenvalue weighted by atomic mass is 9.98. The molecule has 1 unspecified atom stereocenters. The number of amides is 1. The number of piperidine rings is 1. The van der Waals surface area contributed by atoms with Gasteiger partial charge in [-0.15, -0.1) is 0 Å². The van der Waals surface area contributed by atoms with E-state index in [-0.39, 0.29) is 12.5 Å². The molecule has 2 aromatic rings. The van der Waals surface area contributed by atoms with E-state index in [1.54, 1.807) is 15.8 Å². The summed E-state index contributed by atoms with van der Waals surface area (Å²) in [5.41, 5.74) is 1.32. The topological polar surface area (TPSA) is 75.4 Å². The maximum Gasteiger partial charge on any atom is 0.308 e. The Morgan fingerprint density at radius 1 is 1.35 bits per heavy atom. The molecule has 3 rings (SSSR count). The number of benzene rings is 1. The molecule has 7 heteroatoms. The van der Waals surface area contributed by atoms with Crippen molar-refractivity contribution in [3.8, 4) is 5.69 Å². The first kappa shape index (κ1) is 15.7. The van der Waals surface area contributed by atoms with Gasteiger partial charge in [-0.2, -0.15) is 5.10 Å². The Labute approximate surface area is 141 Å². The van der Waals surface area contributed by atoms with Crippen molar-refractivity contribution in [2.45, 2.75) is 12.8 Å². The van der Waals surface area contributed by atoms with Crippen LogP contribution in [0.15, 0.2) is 41.1 Å². The molecule has 1 aliphatic rings. The number of likely N-dealkylation sites (tertiary alicyclic amines) is 1. The Balaban J connectivity index is 1.77. The molecule has 1 aromatic carbocycles. The molecule has 0 radical (unpaired) electrons. The molecular weight excluding hydrogens is 362 g/mol. The van der Waals surface area contributed by atoms with Crippen LogP contribution in [-0.2, 0) is 4.79 Å². The average molecular weight is 378 g/mol. The fourth-order valence-electron chi connectivity index (χ4n) is 2.74. The van der Waals surface area contributed by atoms with Gasteiger partial charge in [0.2, 0.25) is 0 Å². The third-order valence-electron chi connectivity index (χ3n) is 3.96. The van der Waals surface area contributed by atoms with Gasteiger partial charge in [0.05, 0.1) is 23.4 Å². The second-order valence-electron chi connectivity index (χ2n) is 5.58. The Kier molecular flexibility index (Phi) is 4.47. The number of rotatable bonds is 3. The van der Waals surface area contributed by atoms with Crippen LogP contribution in [0.25, 0.3) is 5.69 Å². The van der Waals surface area contributed by atoms with Crippen molar-refractivity contribution < 1.29 is 14.7 Å². The van der Waals surface area contributed by atoms with Crippen molar-refractivity contribution in [3.05, 3.63) is 46.7 Å². The van der Waals surface area contributed by atoms with Crippen molar-refractivity contribution in [3.63, 3.8) is 0 Å². The Morgan fingerprint density at radius 2 is 2.17 bits per heavy atom. The highest BCUT2D eigenvalue weighted by Gasteiger charge is 2.29. The molecule has 0 aliphatic carbocycles. The number of carbonyl (C=O) groups is 2. The van der Waals surface area contributed by atoms with Gasteiger partial charge in [0.25, 0.3) is 5.91 Å². The molecule has 6 nitrogen and oxygen atoms in total. The highest BCUT2D eigenvalue weighted by molar-refractivity contribution is 9.10. The van der Waals surface area contributed by atoms with Crippen molar-refractivity contribution in [2.24, 2.45) is 5.92 Å². The number of halogens is 1. The zero-order valence-electron chi connectivity index (χ0n) is 12.4. The van der Waals surface area contributed by atoms with Crippen LogP contribution in [0.1, 0.15) is 23.2 Å². The maximum absolute atomic E-state index is 12.5. The minimum absolute atomic E-state index is 0.169. The third kappa shape index (κ3) is 3.44. The molecule has 1 fully saturated rings. The van der Waals surface area contributed by atoms with Gasteiger partial charge in [-0.25, -0.2) is 4.68 Å². The summed E-state index contributed by atoms with van der Waals surface area (Å²) in [6, 6.07) is 7.61. The van der Waals surface area contributed by atoms with Gasteiger partial charge in [-0.1, -0.05) is 22.0 Å². The number of aromatic nitrogens is 2. The minimum Gasteiger partial charge on any atom is -0.481 e. The van der Waals surface area contributed by atoms with E-state index in [0.717, 1.165) is 10.2 Å². The minimum atomic E-state index is -0.840. The molecule has 0 bridgehead atoms. The molecule has 2 heterocycles. The van der Waals surface area contributed by atoms with Crippen LogP contribution in [0, 0.1) is 5.92 Å². The predicted molar refractivity (Wildman–Crippen MR) is 87.5 cm³/mol. The summed E-state index contributed by atoms with van der Waals surface area (Å²) >= 11 is 3.41. The third-order valence-corrected chi connectivity index (χ3v) is 4.45. The van der Waals surface area contributed by atoms with Crippen molar-refractivity contribution in [2.75, 3.05) is 13.1 Å². The van der Waals surface area contributed by atoms with Gasteiger partial charge in [0.15, 0.2) is 0 Å². The van der Waals surface area contributed by atoms with Gasteiger partial charge in [-0.05, 0) is 31.0 Å².